The van der Waals surface area contributed by atoms with Crippen LogP contribution in [-0.4, -0.2) is 37.2 Å². The summed E-state index contributed by atoms with van der Waals surface area (Å²) in [5.41, 5.74) is 0. The Balaban J connectivity index is 4.27. The van der Waals surface area contributed by atoms with Crippen molar-refractivity contribution < 1.29 is 28.6 Å². The van der Waals surface area contributed by atoms with Gasteiger partial charge >= 0.3 is 17.9 Å². The average Bonchev–Trinajstić information content (AvgIpc) is 3.28. The minimum Gasteiger partial charge on any atom is -0.462 e. The second kappa shape index (κ2) is 52.8. The Bertz CT molecular complexity index is 978. The first-order chi connectivity index (χ1) is 31.0. The molecule has 0 bridgehead atoms. The maximum absolute atomic E-state index is 12.8. The predicted octanol–water partition coefficient (Wildman–Crippen LogP) is 18.5. The van der Waals surface area contributed by atoms with E-state index in [2.05, 4.69) is 32.9 Å². The highest BCUT2D eigenvalue weighted by Gasteiger charge is 2.19. The molecule has 0 aliphatic carbocycles. The molecule has 0 unspecified atom stereocenters. The van der Waals surface area contributed by atoms with Gasteiger partial charge in [0.25, 0.3) is 0 Å². The number of carbonyl (C=O) groups is 3. The molecule has 0 aliphatic heterocycles. The van der Waals surface area contributed by atoms with Crippen molar-refractivity contribution in [3.8, 4) is 0 Å². The van der Waals surface area contributed by atoms with Crippen molar-refractivity contribution in [2.75, 3.05) is 13.2 Å². The number of hydrogen-bond donors (Lipinski definition) is 0. The highest BCUT2D eigenvalue weighted by molar-refractivity contribution is 5.71. The zero-order valence-electron chi connectivity index (χ0n) is 42.6. The van der Waals surface area contributed by atoms with Crippen molar-refractivity contribution in [2.45, 2.75) is 322 Å². The molecule has 0 aromatic carbocycles. The van der Waals surface area contributed by atoms with Gasteiger partial charge in [-0.2, -0.15) is 0 Å². The Morgan fingerprint density at radius 3 is 0.810 bits per heavy atom. The third-order valence-electron chi connectivity index (χ3n) is 12.8. The Labute approximate surface area is 392 Å². The number of hydrogen-bond acceptors (Lipinski definition) is 6. The maximum atomic E-state index is 12.8. The molecule has 0 rings (SSSR count). The number of allylic oxidation sites excluding steroid dienone is 2. The van der Waals surface area contributed by atoms with Gasteiger partial charge in [-0.3, -0.25) is 14.4 Å². The van der Waals surface area contributed by atoms with E-state index in [1.807, 2.05) is 0 Å². The van der Waals surface area contributed by atoms with Crippen molar-refractivity contribution in [3.05, 3.63) is 12.2 Å². The van der Waals surface area contributed by atoms with E-state index < -0.39 is 6.10 Å². The van der Waals surface area contributed by atoms with E-state index in [4.69, 9.17) is 14.2 Å². The number of esters is 3. The molecule has 0 heterocycles. The first-order valence-electron chi connectivity index (χ1n) is 28.2. The van der Waals surface area contributed by atoms with E-state index in [0.29, 0.717) is 19.3 Å². The lowest BCUT2D eigenvalue weighted by Crippen LogP contribution is -2.30. The SMILES string of the molecule is CCCCCC/C=C/CCCCCCCC(=O)O[C@H](COC(=O)CCCCCCCCCCCCCCC)COC(=O)CCCCCCCCCCCCCCCCCCCCC. The van der Waals surface area contributed by atoms with Crippen LogP contribution in [0.1, 0.15) is 316 Å². The van der Waals surface area contributed by atoms with Gasteiger partial charge in [-0.15, -0.1) is 0 Å². The quantitative estimate of drug-likeness (QED) is 0.0262. The van der Waals surface area contributed by atoms with Gasteiger partial charge in [-0.1, -0.05) is 264 Å². The standard InChI is InChI=1S/C57H108O6/c1-4-7-10-13-16-19-22-25-26-27-28-29-30-33-35-38-41-44-47-50-56(59)62-53-54(63-57(60)51-48-45-42-39-36-32-24-21-18-15-12-9-6-3)52-61-55(58)49-46-43-40-37-34-31-23-20-17-14-11-8-5-2/h21,24,54H,4-20,22-23,25-53H2,1-3H3/b24-21+/t54-/m1/s1. The third-order valence-corrected chi connectivity index (χ3v) is 12.8. The summed E-state index contributed by atoms with van der Waals surface area (Å²) in [5, 5.41) is 0. The van der Waals surface area contributed by atoms with Crippen LogP contribution in [0.2, 0.25) is 0 Å². The first-order valence-corrected chi connectivity index (χ1v) is 28.2. The fourth-order valence-corrected chi connectivity index (χ4v) is 8.50. The normalized spacial score (nSPS) is 12.0. The summed E-state index contributed by atoms with van der Waals surface area (Å²) in [5.74, 6) is -0.855. The van der Waals surface area contributed by atoms with Crippen molar-refractivity contribution in [1.82, 2.24) is 0 Å². The fraction of sp³-hybridized carbons (Fsp3) is 0.912. The third kappa shape index (κ3) is 51.0. The topological polar surface area (TPSA) is 78.9 Å². The molecular weight excluding hydrogens is 781 g/mol. The Morgan fingerprint density at radius 2 is 0.524 bits per heavy atom. The summed E-state index contributed by atoms with van der Waals surface area (Å²) >= 11 is 0. The first kappa shape index (κ1) is 61.1. The second-order valence-corrected chi connectivity index (χ2v) is 19.2. The van der Waals surface area contributed by atoms with Crippen LogP contribution in [0.4, 0.5) is 0 Å². The van der Waals surface area contributed by atoms with Crippen LogP contribution in [0.25, 0.3) is 0 Å². The number of rotatable bonds is 52. The molecule has 0 radical (unpaired) electrons. The highest BCUT2D eigenvalue weighted by atomic mass is 16.6. The van der Waals surface area contributed by atoms with E-state index in [1.54, 1.807) is 0 Å². The lowest BCUT2D eigenvalue weighted by molar-refractivity contribution is -0.167. The average molecular weight is 889 g/mol. The summed E-state index contributed by atoms with van der Waals surface area (Å²) < 4.78 is 16.8. The highest BCUT2D eigenvalue weighted by Crippen LogP contribution is 2.17. The van der Waals surface area contributed by atoms with Crippen LogP contribution in [-0.2, 0) is 28.6 Å². The van der Waals surface area contributed by atoms with Crippen LogP contribution >= 0.6 is 0 Å². The Morgan fingerprint density at radius 1 is 0.302 bits per heavy atom. The smallest absolute Gasteiger partial charge is 0.306 e. The van der Waals surface area contributed by atoms with E-state index in [-0.39, 0.29) is 31.1 Å². The molecule has 372 valence electrons. The lowest BCUT2D eigenvalue weighted by Gasteiger charge is -2.18. The second-order valence-electron chi connectivity index (χ2n) is 19.2. The van der Waals surface area contributed by atoms with Gasteiger partial charge in [-0.25, -0.2) is 0 Å². The molecule has 6 nitrogen and oxygen atoms in total. The van der Waals surface area contributed by atoms with Gasteiger partial charge in [0.15, 0.2) is 6.10 Å². The molecule has 0 aliphatic rings. The summed E-state index contributed by atoms with van der Waals surface area (Å²) in [6, 6.07) is 0. The number of ether oxygens (including phenoxy) is 3. The monoisotopic (exact) mass is 889 g/mol. The molecule has 0 saturated carbocycles. The Hall–Kier alpha value is -1.85. The molecule has 1 atom stereocenters. The van der Waals surface area contributed by atoms with Crippen LogP contribution in [0.3, 0.4) is 0 Å². The minimum atomic E-state index is -0.768. The summed E-state index contributed by atoms with van der Waals surface area (Å²) in [6.07, 6.45) is 59.1. The number of unbranched alkanes of at least 4 members (excludes halogenated alkanes) is 39. The summed E-state index contributed by atoms with van der Waals surface area (Å²) in [4.78, 5) is 38.0. The largest absolute Gasteiger partial charge is 0.462 e. The van der Waals surface area contributed by atoms with Crippen molar-refractivity contribution in [2.24, 2.45) is 0 Å². The Kier molecular flexibility index (Phi) is 51.2. The van der Waals surface area contributed by atoms with Crippen LogP contribution < -0.4 is 0 Å². The maximum Gasteiger partial charge on any atom is 0.306 e. The molecule has 6 heteroatoms. The molecule has 0 N–H and O–H groups in total. The minimum absolute atomic E-state index is 0.0676. The zero-order chi connectivity index (χ0) is 45.8. The van der Waals surface area contributed by atoms with Crippen LogP contribution in [0, 0.1) is 0 Å². The van der Waals surface area contributed by atoms with E-state index in [0.717, 1.165) is 64.2 Å². The van der Waals surface area contributed by atoms with Gasteiger partial charge in [0, 0.05) is 19.3 Å². The molecule has 0 aromatic heterocycles. The van der Waals surface area contributed by atoms with Gasteiger partial charge in [-0.05, 0) is 44.9 Å². The molecule has 0 aromatic rings. The molecule has 0 fully saturated rings. The van der Waals surface area contributed by atoms with Gasteiger partial charge < -0.3 is 14.2 Å². The number of carbonyl (C=O) groups excluding carboxylic acids is 3. The summed E-state index contributed by atoms with van der Waals surface area (Å²) in [6.45, 7) is 6.67. The van der Waals surface area contributed by atoms with Crippen LogP contribution in [0.15, 0.2) is 12.2 Å². The zero-order valence-corrected chi connectivity index (χ0v) is 42.6. The van der Waals surface area contributed by atoms with Crippen molar-refractivity contribution in [3.63, 3.8) is 0 Å². The predicted molar refractivity (Wildman–Crippen MR) is 270 cm³/mol. The van der Waals surface area contributed by atoms with E-state index in [1.165, 1.54) is 212 Å². The molecule has 0 saturated heterocycles. The van der Waals surface area contributed by atoms with Gasteiger partial charge in [0.05, 0.1) is 0 Å². The molecule has 0 amide bonds. The van der Waals surface area contributed by atoms with Gasteiger partial charge in [0.1, 0.15) is 13.2 Å². The van der Waals surface area contributed by atoms with Gasteiger partial charge in [0.2, 0.25) is 0 Å². The van der Waals surface area contributed by atoms with Crippen molar-refractivity contribution in [1.29, 1.82) is 0 Å². The van der Waals surface area contributed by atoms with E-state index >= 15 is 0 Å². The molecule has 63 heavy (non-hydrogen) atoms. The van der Waals surface area contributed by atoms with E-state index in [9.17, 15) is 14.4 Å². The van der Waals surface area contributed by atoms with Crippen LogP contribution in [0.5, 0.6) is 0 Å². The fourth-order valence-electron chi connectivity index (χ4n) is 8.50. The summed E-state index contributed by atoms with van der Waals surface area (Å²) in [7, 11) is 0. The molecular formula is C57H108O6. The lowest BCUT2D eigenvalue weighted by atomic mass is 10.0. The molecule has 0 spiro atoms. The van der Waals surface area contributed by atoms with Crippen molar-refractivity contribution >= 4 is 17.9 Å².